The van der Waals surface area contributed by atoms with E-state index in [-0.39, 0.29) is 42.1 Å². The maximum atomic E-state index is 14.7. The van der Waals surface area contributed by atoms with E-state index in [9.17, 15) is 32.8 Å². The molecule has 4 aliphatic rings. The zero-order valence-corrected chi connectivity index (χ0v) is 29.2. The molecule has 2 unspecified atom stereocenters. The minimum atomic E-state index is -3.50. The van der Waals surface area contributed by atoms with Gasteiger partial charge in [-0.2, -0.15) is 0 Å². The van der Waals surface area contributed by atoms with Crippen LogP contribution in [0.1, 0.15) is 79.7 Å². The Balaban J connectivity index is 1.19. The molecule has 4 heterocycles. The second-order valence-corrected chi connectivity index (χ2v) is 14.7. The van der Waals surface area contributed by atoms with E-state index in [4.69, 9.17) is 9.84 Å². The first-order valence-electron chi connectivity index (χ1n) is 17.5. The minimum Gasteiger partial charge on any atom is -0.488 e. The van der Waals surface area contributed by atoms with Crippen molar-refractivity contribution >= 4 is 40.9 Å². The van der Waals surface area contributed by atoms with Gasteiger partial charge in [0.15, 0.2) is 0 Å². The number of amides is 5. The topological polar surface area (TPSA) is 149 Å². The summed E-state index contributed by atoms with van der Waals surface area (Å²) in [6.45, 7) is -1.59. The first-order chi connectivity index (χ1) is 25.1. The summed E-state index contributed by atoms with van der Waals surface area (Å²) in [5.41, 5.74) is 3.66. The molecule has 0 radical (unpaired) electrons. The number of imide groups is 1. The molecule has 2 N–H and O–H groups in total. The number of carbonyl (C=O) groups is 5. The van der Waals surface area contributed by atoms with Crippen LogP contribution < -0.4 is 10.1 Å². The van der Waals surface area contributed by atoms with Crippen molar-refractivity contribution in [2.45, 2.75) is 56.6 Å². The second-order valence-electron chi connectivity index (χ2n) is 13.8. The predicted molar refractivity (Wildman–Crippen MR) is 184 cm³/mol. The number of likely N-dealkylation sites (tertiary alicyclic amines) is 1. The summed E-state index contributed by atoms with van der Waals surface area (Å²) in [5.74, 6) is -6.85. The van der Waals surface area contributed by atoms with E-state index in [1.807, 2.05) is 12.1 Å². The normalized spacial score (nSPS) is 23.0. The lowest BCUT2D eigenvalue weighted by molar-refractivity contribution is -0.147. The maximum absolute atomic E-state index is 14.7. The number of aliphatic hydroxyl groups is 1. The highest BCUT2D eigenvalue weighted by molar-refractivity contribution is 7.11. The molecule has 3 aliphatic heterocycles. The Morgan fingerprint density at radius 1 is 0.981 bits per heavy atom. The molecule has 15 heteroatoms. The number of aliphatic hydroxyl groups excluding tert-OH is 1. The number of carbonyl (C=O) groups excluding carboxylic acids is 5. The Morgan fingerprint density at radius 2 is 1.71 bits per heavy atom. The van der Waals surface area contributed by atoms with Gasteiger partial charge in [-0.05, 0) is 43.0 Å². The van der Waals surface area contributed by atoms with Crippen LogP contribution in [0, 0.1) is 11.8 Å². The van der Waals surface area contributed by atoms with Crippen molar-refractivity contribution in [3.63, 3.8) is 0 Å². The molecular weight excluding hydrogens is 696 g/mol. The van der Waals surface area contributed by atoms with Gasteiger partial charge in [-0.15, -0.1) is 11.3 Å². The predicted octanol–water partition coefficient (Wildman–Crippen LogP) is 3.71. The van der Waals surface area contributed by atoms with E-state index in [0.29, 0.717) is 67.8 Å². The van der Waals surface area contributed by atoms with Crippen LogP contribution in [0.5, 0.6) is 5.75 Å². The number of halogens is 2. The van der Waals surface area contributed by atoms with Gasteiger partial charge in [0.25, 0.3) is 23.6 Å². The summed E-state index contributed by atoms with van der Waals surface area (Å²) in [6.07, 6.45) is 4.16. The summed E-state index contributed by atoms with van der Waals surface area (Å²) >= 11 is 1.27. The van der Waals surface area contributed by atoms with Crippen LogP contribution in [0.15, 0.2) is 54.2 Å². The van der Waals surface area contributed by atoms with Gasteiger partial charge in [-0.1, -0.05) is 37.1 Å². The van der Waals surface area contributed by atoms with Crippen LogP contribution in [-0.4, -0.2) is 106 Å². The third-order valence-corrected chi connectivity index (χ3v) is 11.3. The molecule has 12 nitrogen and oxygen atoms in total. The van der Waals surface area contributed by atoms with E-state index in [1.165, 1.54) is 17.5 Å². The van der Waals surface area contributed by atoms with Crippen molar-refractivity contribution in [3.05, 3.63) is 81.3 Å². The Kier molecular flexibility index (Phi) is 10.1. The third-order valence-electron chi connectivity index (χ3n) is 10.5. The second kappa shape index (κ2) is 14.7. The number of nitrogens with zero attached hydrogens (tertiary/aromatic N) is 4. The molecule has 1 saturated carbocycles. The Bertz CT molecular complexity index is 1840. The maximum Gasteiger partial charge on any atom is 0.287 e. The minimum absolute atomic E-state index is 0.130. The van der Waals surface area contributed by atoms with E-state index in [2.05, 4.69) is 10.3 Å². The van der Waals surface area contributed by atoms with Gasteiger partial charge in [-0.25, -0.2) is 8.78 Å². The van der Waals surface area contributed by atoms with Crippen LogP contribution in [0.2, 0.25) is 0 Å². The summed E-state index contributed by atoms with van der Waals surface area (Å²) in [6, 6.07) is 11.3. The van der Waals surface area contributed by atoms with Crippen molar-refractivity contribution < 1.29 is 42.6 Å². The highest BCUT2D eigenvalue weighted by atomic mass is 32.1. The standard InChI is InChI=1S/C37H39F2N5O7S/c38-37(39,20-45)19-41-32(46)24-7-1-2-8-25(24)33(47)43-15-12-22-6-5-11-29(51-23-13-14-42(17-23)36(50)30-16-40-21-52-30)31(22)28(43)18-44-34(48)26-9-3-4-10-27(26)35(44)49/h3-6,9-11,16,21,23-25,28,45H,1-2,7-8,12-15,17-20H2,(H,41,46)/t23-,24?,25?,28+/m0/s1. The van der Waals surface area contributed by atoms with Crippen LogP contribution in [-0.2, 0) is 16.0 Å². The Morgan fingerprint density at radius 3 is 2.40 bits per heavy atom. The number of aromatic nitrogens is 1. The lowest BCUT2D eigenvalue weighted by Crippen LogP contribution is -2.52. The first-order valence-corrected chi connectivity index (χ1v) is 18.4. The molecule has 1 aromatic heterocycles. The summed E-state index contributed by atoms with van der Waals surface area (Å²) in [4.78, 5) is 77.3. The third kappa shape index (κ3) is 6.90. The average Bonchev–Trinajstić information content (AvgIpc) is 3.92. The largest absolute Gasteiger partial charge is 0.488 e. The lowest BCUT2D eigenvalue weighted by atomic mass is 9.77. The molecule has 2 aromatic carbocycles. The number of fused-ring (bicyclic) bond motifs is 2. The van der Waals surface area contributed by atoms with E-state index >= 15 is 0 Å². The molecule has 1 saturated heterocycles. The molecule has 0 spiro atoms. The van der Waals surface area contributed by atoms with Gasteiger partial charge in [0.1, 0.15) is 23.3 Å². The van der Waals surface area contributed by atoms with Gasteiger partial charge >= 0.3 is 0 Å². The van der Waals surface area contributed by atoms with Gasteiger partial charge in [-0.3, -0.25) is 33.9 Å². The van der Waals surface area contributed by atoms with E-state index in [0.717, 1.165) is 10.5 Å². The SMILES string of the molecule is O=C(NCC(F)(F)CO)C1CCCCC1C(=O)N1CCc2cccc(O[C@H]3CCN(C(=O)c4cncs4)C3)c2[C@H]1CN1C(=O)c2ccccc2C1=O. The molecule has 5 amide bonds. The van der Waals surface area contributed by atoms with Crippen molar-refractivity contribution in [2.24, 2.45) is 11.8 Å². The van der Waals surface area contributed by atoms with Gasteiger partial charge < -0.3 is 25.0 Å². The molecular formula is C37H39F2N5O7S. The number of benzene rings is 2. The quantitative estimate of drug-likeness (QED) is 0.300. The fourth-order valence-electron chi connectivity index (χ4n) is 7.89. The molecule has 52 heavy (non-hydrogen) atoms. The van der Waals surface area contributed by atoms with Crippen LogP contribution in [0.4, 0.5) is 8.78 Å². The van der Waals surface area contributed by atoms with Crippen LogP contribution in [0.3, 0.4) is 0 Å². The average molecular weight is 736 g/mol. The molecule has 1 aliphatic carbocycles. The Hall–Kier alpha value is -4.76. The van der Waals surface area contributed by atoms with Gasteiger partial charge in [0.2, 0.25) is 11.8 Å². The zero-order valence-electron chi connectivity index (χ0n) is 28.3. The smallest absolute Gasteiger partial charge is 0.287 e. The van der Waals surface area contributed by atoms with E-state index < -0.39 is 54.7 Å². The van der Waals surface area contributed by atoms with Crippen molar-refractivity contribution in [1.82, 2.24) is 25.0 Å². The molecule has 0 bridgehead atoms. The lowest BCUT2D eigenvalue weighted by Gasteiger charge is -2.43. The molecule has 7 rings (SSSR count). The number of hydrogen-bond donors (Lipinski definition) is 2. The molecule has 2 fully saturated rings. The number of rotatable bonds is 10. The monoisotopic (exact) mass is 735 g/mol. The first kappa shape index (κ1) is 35.6. The number of nitrogens with one attached hydrogen (secondary N) is 1. The summed E-state index contributed by atoms with van der Waals surface area (Å²) in [7, 11) is 0. The van der Waals surface area contributed by atoms with Crippen molar-refractivity contribution in [1.29, 1.82) is 0 Å². The van der Waals surface area contributed by atoms with E-state index in [1.54, 1.807) is 45.6 Å². The summed E-state index contributed by atoms with van der Waals surface area (Å²) in [5, 5.41) is 11.2. The number of alkyl halides is 2. The van der Waals surface area contributed by atoms with Gasteiger partial charge in [0, 0.05) is 36.9 Å². The van der Waals surface area contributed by atoms with Crippen molar-refractivity contribution in [3.8, 4) is 5.75 Å². The highest BCUT2D eigenvalue weighted by Crippen LogP contribution is 2.42. The van der Waals surface area contributed by atoms with Crippen LogP contribution in [0.25, 0.3) is 0 Å². The molecule has 274 valence electrons. The molecule has 3 aromatic rings. The number of thiazole rings is 1. The zero-order chi connectivity index (χ0) is 36.6. The van der Waals surface area contributed by atoms with Crippen LogP contribution >= 0.6 is 11.3 Å². The Labute approximate surface area is 302 Å². The van der Waals surface area contributed by atoms with Crippen molar-refractivity contribution in [2.75, 3.05) is 39.3 Å². The number of ether oxygens (including phenoxy) is 1. The highest BCUT2D eigenvalue weighted by Gasteiger charge is 2.46. The number of hydrogen-bond acceptors (Lipinski definition) is 9. The fraction of sp³-hybridized carbons (Fsp3) is 0.459. The van der Waals surface area contributed by atoms with Gasteiger partial charge in [0.05, 0.1) is 48.5 Å². The molecule has 4 atom stereocenters. The summed E-state index contributed by atoms with van der Waals surface area (Å²) < 4.78 is 34.3. The fourth-order valence-corrected chi connectivity index (χ4v) is 8.48.